The van der Waals surface area contributed by atoms with Gasteiger partial charge in [-0.2, -0.15) is 0 Å². The van der Waals surface area contributed by atoms with Crippen LogP contribution in [0.1, 0.15) is 67.5 Å². The minimum absolute atomic E-state index is 0.118. The fraction of sp³-hybridized carbons (Fsp3) is 0.423. The van der Waals surface area contributed by atoms with Crippen LogP contribution in [0, 0.1) is 12.7 Å². The summed E-state index contributed by atoms with van der Waals surface area (Å²) >= 11 is 1.48. The lowest BCUT2D eigenvalue weighted by atomic mass is 9.74. The van der Waals surface area contributed by atoms with Crippen molar-refractivity contribution in [1.29, 1.82) is 0 Å². The third-order valence-corrected chi connectivity index (χ3v) is 7.03. The molecule has 6 nitrogen and oxygen atoms in total. The molecular formula is C26H32FN5OS. The summed E-state index contributed by atoms with van der Waals surface area (Å²) in [4.78, 5) is 21.5. The number of pyridine rings is 2. The number of aryl methyl sites for hydroxylation is 1. The molecule has 4 aromatic heterocycles. The van der Waals surface area contributed by atoms with Crippen LogP contribution in [-0.2, 0) is 0 Å². The fourth-order valence-corrected chi connectivity index (χ4v) is 5.94. The summed E-state index contributed by atoms with van der Waals surface area (Å²) in [6, 6.07) is 7.58. The van der Waals surface area contributed by atoms with Gasteiger partial charge in [-0.15, -0.1) is 11.3 Å². The van der Waals surface area contributed by atoms with E-state index in [1.54, 1.807) is 23.8 Å². The number of hydrogen-bond donors (Lipinski definition) is 2. The SMILES string of the molecule is CC1(C)CC(c2ccc3cc(C=O)sc3n2)CC(C)(C)N1.CNc1cc(F)c2nc(C)cn2c1. The van der Waals surface area contributed by atoms with Crippen molar-refractivity contribution in [1.82, 2.24) is 19.7 Å². The van der Waals surface area contributed by atoms with Gasteiger partial charge in [-0.05, 0) is 59.6 Å². The highest BCUT2D eigenvalue weighted by Gasteiger charge is 2.38. The first kappa shape index (κ1) is 24.3. The zero-order valence-corrected chi connectivity index (χ0v) is 21.4. The molecule has 5 rings (SSSR count). The van der Waals surface area contributed by atoms with Crippen LogP contribution in [0.3, 0.4) is 0 Å². The third kappa shape index (κ3) is 5.28. The molecule has 5 heterocycles. The topological polar surface area (TPSA) is 71.3 Å². The van der Waals surface area contributed by atoms with E-state index in [9.17, 15) is 9.18 Å². The molecule has 0 radical (unpaired) electrons. The number of carbonyl (C=O) groups excluding carboxylic acids is 1. The molecule has 180 valence electrons. The highest BCUT2D eigenvalue weighted by molar-refractivity contribution is 7.20. The molecule has 0 aliphatic carbocycles. The standard InChI is InChI=1S/C17H22N2OS.C9H10FN3/c1-16(2)8-12(9-17(3,4)19-16)14-6-5-11-7-13(10-20)21-15(11)18-14;1-6-4-13-5-7(11-2)3-8(10)9(13)12-6/h5-7,10,12,19H,8-9H2,1-4H3;3-5,11H,1-2H3. The van der Waals surface area contributed by atoms with Crippen LogP contribution < -0.4 is 10.6 Å². The van der Waals surface area contributed by atoms with Gasteiger partial charge < -0.3 is 15.0 Å². The molecule has 1 aliphatic heterocycles. The van der Waals surface area contributed by atoms with Crippen LogP contribution in [0.25, 0.3) is 15.9 Å². The number of aromatic nitrogens is 3. The summed E-state index contributed by atoms with van der Waals surface area (Å²) in [6.07, 6.45) is 6.67. The number of piperidine rings is 1. The Hall–Kier alpha value is -2.84. The van der Waals surface area contributed by atoms with Crippen molar-refractivity contribution in [2.24, 2.45) is 0 Å². The number of anilines is 1. The van der Waals surface area contributed by atoms with Gasteiger partial charge in [0.1, 0.15) is 4.83 Å². The highest BCUT2D eigenvalue weighted by Crippen LogP contribution is 2.39. The van der Waals surface area contributed by atoms with E-state index in [2.05, 4.69) is 55.4 Å². The molecule has 0 saturated carbocycles. The van der Waals surface area contributed by atoms with Gasteiger partial charge in [0.15, 0.2) is 17.8 Å². The second-order valence-electron chi connectivity index (χ2n) is 10.3. The van der Waals surface area contributed by atoms with Crippen molar-refractivity contribution in [2.45, 2.75) is 64.5 Å². The Morgan fingerprint density at radius 1 is 1.15 bits per heavy atom. The van der Waals surface area contributed by atoms with Crippen molar-refractivity contribution in [2.75, 3.05) is 12.4 Å². The number of aldehydes is 1. The van der Waals surface area contributed by atoms with Gasteiger partial charge in [0.05, 0.1) is 16.3 Å². The second kappa shape index (κ2) is 9.07. The molecular weight excluding hydrogens is 449 g/mol. The largest absolute Gasteiger partial charge is 0.387 e. The monoisotopic (exact) mass is 481 g/mol. The van der Waals surface area contributed by atoms with E-state index in [0.29, 0.717) is 11.6 Å². The van der Waals surface area contributed by atoms with E-state index in [1.165, 1.54) is 17.4 Å². The van der Waals surface area contributed by atoms with Crippen LogP contribution >= 0.6 is 11.3 Å². The molecule has 1 fully saturated rings. The summed E-state index contributed by atoms with van der Waals surface area (Å²) in [7, 11) is 1.75. The Morgan fingerprint density at radius 3 is 2.50 bits per heavy atom. The molecule has 0 aromatic carbocycles. The minimum Gasteiger partial charge on any atom is -0.387 e. The molecule has 0 bridgehead atoms. The number of nitrogens with one attached hydrogen (secondary N) is 2. The molecule has 0 unspecified atom stereocenters. The maximum Gasteiger partial charge on any atom is 0.173 e. The van der Waals surface area contributed by atoms with Gasteiger partial charge in [0.25, 0.3) is 0 Å². The minimum atomic E-state index is -0.306. The van der Waals surface area contributed by atoms with Crippen LogP contribution in [0.4, 0.5) is 10.1 Å². The highest BCUT2D eigenvalue weighted by atomic mass is 32.1. The van der Waals surface area contributed by atoms with Crippen LogP contribution in [0.2, 0.25) is 0 Å². The number of thiophene rings is 1. The van der Waals surface area contributed by atoms with E-state index in [1.807, 2.05) is 13.0 Å². The molecule has 0 amide bonds. The van der Waals surface area contributed by atoms with E-state index in [-0.39, 0.29) is 16.9 Å². The van der Waals surface area contributed by atoms with E-state index in [4.69, 9.17) is 4.98 Å². The van der Waals surface area contributed by atoms with Crippen molar-refractivity contribution in [3.8, 4) is 0 Å². The summed E-state index contributed by atoms with van der Waals surface area (Å²) in [6.45, 7) is 10.9. The van der Waals surface area contributed by atoms with E-state index in [0.717, 1.165) is 51.3 Å². The van der Waals surface area contributed by atoms with Gasteiger partial charge in [0, 0.05) is 53.6 Å². The fourth-order valence-electron chi connectivity index (χ4n) is 5.08. The molecule has 1 saturated heterocycles. The zero-order valence-electron chi connectivity index (χ0n) is 20.6. The third-order valence-electron chi connectivity index (χ3n) is 6.06. The van der Waals surface area contributed by atoms with Gasteiger partial charge in [-0.3, -0.25) is 4.79 Å². The first-order valence-corrected chi connectivity index (χ1v) is 12.3. The first-order chi connectivity index (χ1) is 16.0. The number of carbonyl (C=O) groups is 1. The maximum absolute atomic E-state index is 13.3. The quantitative estimate of drug-likeness (QED) is 0.354. The Balaban J connectivity index is 0.000000180. The van der Waals surface area contributed by atoms with Crippen LogP contribution in [0.5, 0.6) is 0 Å². The summed E-state index contributed by atoms with van der Waals surface area (Å²) in [5.41, 5.74) is 3.31. The smallest absolute Gasteiger partial charge is 0.173 e. The normalized spacial score (nSPS) is 17.4. The summed E-state index contributed by atoms with van der Waals surface area (Å²) < 4.78 is 15.0. The van der Waals surface area contributed by atoms with Crippen LogP contribution in [-0.4, -0.2) is 38.8 Å². The van der Waals surface area contributed by atoms with Gasteiger partial charge in [-0.25, -0.2) is 14.4 Å². The Bertz CT molecular complexity index is 1320. The predicted octanol–water partition coefficient (Wildman–Crippen LogP) is 5.96. The Labute approximate surface area is 203 Å². The first-order valence-electron chi connectivity index (χ1n) is 11.5. The number of rotatable bonds is 3. The van der Waals surface area contributed by atoms with Gasteiger partial charge in [0.2, 0.25) is 0 Å². The Kier molecular flexibility index (Phi) is 6.48. The molecule has 0 atom stereocenters. The zero-order chi connectivity index (χ0) is 24.7. The second-order valence-corrected chi connectivity index (χ2v) is 11.4. The number of fused-ring (bicyclic) bond motifs is 2. The van der Waals surface area contributed by atoms with Crippen molar-refractivity contribution in [3.05, 3.63) is 58.7 Å². The lowest BCUT2D eigenvalue weighted by Gasteiger charge is -2.46. The van der Waals surface area contributed by atoms with Crippen molar-refractivity contribution >= 4 is 39.2 Å². The van der Waals surface area contributed by atoms with E-state index >= 15 is 0 Å². The molecule has 2 N–H and O–H groups in total. The number of hydrogen-bond acceptors (Lipinski definition) is 6. The number of halogens is 1. The van der Waals surface area contributed by atoms with Crippen molar-refractivity contribution in [3.63, 3.8) is 0 Å². The predicted molar refractivity (Wildman–Crippen MR) is 138 cm³/mol. The summed E-state index contributed by atoms with van der Waals surface area (Å²) in [5.74, 6) is 0.155. The molecule has 4 aromatic rings. The maximum atomic E-state index is 13.3. The van der Waals surface area contributed by atoms with Gasteiger partial charge in [-0.1, -0.05) is 6.07 Å². The number of imidazole rings is 1. The lowest BCUT2D eigenvalue weighted by Crippen LogP contribution is -2.57. The average molecular weight is 482 g/mol. The summed E-state index contributed by atoms with van der Waals surface area (Å²) in [5, 5.41) is 7.66. The average Bonchev–Trinajstić information content (AvgIpc) is 3.33. The number of nitrogens with zero attached hydrogens (tertiary/aromatic N) is 3. The molecule has 34 heavy (non-hydrogen) atoms. The molecule has 8 heteroatoms. The molecule has 0 spiro atoms. The molecule has 1 aliphatic rings. The van der Waals surface area contributed by atoms with Crippen LogP contribution in [0.15, 0.2) is 36.7 Å². The lowest BCUT2D eigenvalue weighted by molar-refractivity contribution is 0.112. The van der Waals surface area contributed by atoms with Gasteiger partial charge >= 0.3 is 0 Å². The Morgan fingerprint density at radius 2 is 1.85 bits per heavy atom. The van der Waals surface area contributed by atoms with Crippen molar-refractivity contribution < 1.29 is 9.18 Å². The van der Waals surface area contributed by atoms with E-state index < -0.39 is 0 Å².